The molecule has 2 aromatic heterocycles. The summed E-state index contributed by atoms with van der Waals surface area (Å²) in [6.07, 6.45) is 8.74. The number of rotatable bonds is 7. The van der Waals surface area contributed by atoms with E-state index in [1.54, 1.807) is 13.2 Å². The molecule has 4 aliphatic rings. The smallest absolute Gasteiger partial charge is 0.321 e. The second-order valence-corrected chi connectivity index (χ2v) is 11.8. The third kappa shape index (κ3) is 4.74. The van der Waals surface area contributed by atoms with Crippen molar-refractivity contribution in [2.45, 2.75) is 67.1 Å². The highest BCUT2D eigenvalue weighted by Gasteiger charge is 2.51. The Bertz CT molecular complexity index is 909. The molecule has 10 heteroatoms. The van der Waals surface area contributed by atoms with Crippen molar-refractivity contribution >= 4 is 40.2 Å². The van der Waals surface area contributed by atoms with Crippen LogP contribution in [0.4, 0.5) is 9.93 Å². The summed E-state index contributed by atoms with van der Waals surface area (Å²) < 4.78 is 5.95. The van der Waals surface area contributed by atoms with Crippen LogP contribution in [-0.4, -0.2) is 32.9 Å². The number of aromatic nitrogens is 2. The van der Waals surface area contributed by atoms with Crippen molar-refractivity contribution < 1.29 is 14.0 Å². The van der Waals surface area contributed by atoms with Crippen LogP contribution < -0.4 is 16.0 Å². The number of hydrogen-bond donors (Lipinski definition) is 3. The number of amides is 3. The lowest BCUT2D eigenvalue weighted by atomic mass is 9.53. The van der Waals surface area contributed by atoms with Crippen LogP contribution in [0.3, 0.4) is 0 Å². The highest BCUT2D eigenvalue weighted by atomic mass is 32.2. The van der Waals surface area contributed by atoms with E-state index in [2.05, 4.69) is 26.1 Å². The Morgan fingerprint density at radius 2 is 1.94 bits per heavy atom. The van der Waals surface area contributed by atoms with Gasteiger partial charge in [0.2, 0.25) is 11.0 Å². The number of imide groups is 1. The Morgan fingerprint density at radius 3 is 2.58 bits per heavy atom. The first-order valence-corrected chi connectivity index (χ1v) is 12.6. The van der Waals surface area contributed by atoms with E-state index in [0.29, 0.717) is 16.0 Å². The van der Waals surface area contributed by atoms with Crippen molar-refractivity contribution in [1.82, 2.24) is 20.8 Å². The van der Waals surface area contributed by atoms with E-state index in [4.69, 9.17) is 4.42 Å². The van der Waals surface area contributed by atoms with Crippen molar-refractivity contribution in [3.63, 3.8) is 0 Å². The molecule has 0 spiro atoms. The molecule has 4 aliphatic carbocycles. The van der Waals surface area contributed by atoms with Gasteiger partial charge in [-0.25, -0.2) is 4.79 Å². The van der Waals surface area contributed by atoms with Gasteiger partial charge in [0, 0.05) is 5.54 Å². The van der Waals surface area contributed by atoms with Gasteiger partial charge in [0.1, 0.15) is 5.76 Å². The molecule has 3 amide bonds. The topological polar surface area (TPSA) is 109 Å². The van der Waals surface area contributed by atoms with Gasteiger partial charge < -0.3 is 15.1 Å². The predicted molar refractivity (Wildman–Crippen MR) is 119 cm³/mol. The molecule has 4 saturated carbocycles. The molecule has 0 saturated heterocycles. The third-order valence-electron chi connectivity index (χ3n) is 6.70. The lowest BCUT2D eigenvalue weighted by Crippen LogP contribution is -2.62. The SMILES string of the molecule is CC(Sc1nnc(NCc2ccco2)s1)C(=O)NC(=O)NC12CC3CC(CC(C3)C1)C2. The third-order valence-corrected chi connectivity index (χ3v) is 8.77. The molecule has 1 unspecified atom stereocenters. The van der Waals surface area contributed by atoms with E-state index in [9.17, 15) is 9.59 Å². The number of thioether (sulfide) groups is 1. The summed E-state index contributed by atoms with van der Waals surface area (Å²) in [5.41, 5.74) is -0.108. The fourth-order valence-electron chi connectivity index (χ4n) is 5.86. The number of carbonyl (C=O) groups excluding carboxylic acids is 2. The number of hydrogen-bond acceptors (Lipinski definition) is 8. The summed E-state index contributed by atoms with van der Waals surface area (Å²) in [6, 6.07) is 3.35. The van der Waals surface area contributed by atoms with Crippen LogP contribution in [0.2, 0.25) is 0 Å². The van der Waals surface area contributed by atoms with Gasteiger partial charge in [-0.2, -0.15) is 0 Å². The molecule has 3 N–H and O–H groups in total. The fourth-order valence-corrected chi connectivity index (χ4v) is 7.75. The number of nitrogens with zero attached hydrogens (tertiary/aromatic N) is 2. The standard InChI is InChI=1S/C21H27N5O3S2/c1-12(30-20-26-25-19(31-20)22-11-16-3-2-4-29-16)17(27)23-18(28)24-21-8-13-5-14(9-21)7-15(6-13)10-21/h2-4,12-15H,5-11H2,1H3,(H,22,25)(H2,23,24,27,28). The molecule has 2 heterocycles. The van der Waals surface area contributed by atoms with E-state index < -0.39 is 5.25 Å². The average Bonchev–Trinajstić information content (AvgIpc) is 3.36. The minimum absolute atomic E-state index is 0.108. The first-order chi connectivity index (χ1) is 15.0. The van der Waals surface area contributed by atoms with Gasteiger partial charge in [-0.15, -0.1) is 10.2 Å². The molecule has 0 aromatic carbocycles. The summed E-state index contributed by atoms with van der Waals surface area (Å²) in [5, 5.41) is 17.3. The van der Waals surface area contributed by atoms with Gasteiger partial charge in [0.25, 0.3) is 0 Å². The number of urea groups is 1. The maximum absolute atomic E-state index is 12.6. The molecule has 6 rings (SSSR count). The molecule has 166 valence electrons. The summed E-state index contributed by atoms with van der Waals surface area (Å²) in [6.45, 7) is 2.29. The Labute approximate surface area is 189 Å². The second-order valence-electron chi connectivity index (χ2n) is 9.21. The van der Waals surface area contributed by atoms with E-state index >= 15 is 0 Å². The van der Waals surface area contributed by atoms with Crippen LogP contribution in [0.25, 0.3) is 0 Å². The predicted octanol–water partition coefficient (Wildman–Crippen LogP) is 4.02. The summed E-state index contributed by atoms with van der Waals surface area (Å²) in [7, 11) is 0. The van der Waals surface area contributed by atoms with Crippen LogP contribution in [0.1, 0.15) is 51.2 Å². The number of furan rings is 1. The second kappa shape index (κ2) is 8.46. The molecule has 0 aliphatic heterocycles. The van der Waals surface area contributed by atoms with Crippen LogP contribution in [0, 0.1) is 17.8 Å². The van der Waals surface area contributed by atoms with Gasteiger partial charge in [0.15, 0.2) is 4.34 Å². The minimum Gasteiger partial charge on any atom is -0.467 e. The molecule has 2 aromatic rings. The molecular formula is C21H27N5O3S2. The Hall–Kier alpha value is -2.07. The molecule has 8 nitrogen and oxygen atoms in total. The van der Waals surface area contributed by atoms with E-state index in [0.717, 1.165) is 42.8 Å². The number of carbonyl (C=O) groups is 2. The van der Waals surface area contributed by atoms with Crippen molar-refractivity contribution in [1.29, 1.82) is 0 Å². The molecule has 1 atom stereocenters. The highest BCUT2D eigenvalue weighted by Crippen LogP contribution is 2.55. The van der Waals surface area contributed by atoms with Crippen LogP contribution >= 0.6 is 23.1 Å². The molecule has 4 bridgehead atoms. The summed E-state index contributed by atoms with van der Waals surface area (Å²) >= 11 is 2.67. The molecular weight excluding hydrogens is 434 g/mol. The van der Waals surface area contributed by atoms with E-state index in [-0.39, 0.29) is 17.5 Å². The minimum atomic E-state index is -0.451. The van der Waals surface area contributed by atoms with E-state index in [1.807, 2.05) is 12.1 Å². The Balaban J connectivity index is 1.10. The first kappa shape index (κ1) is 20.8. The summed E-state index contributed by atoms with van der Waals surface area (Å²) in [5.74, 6) is 2.72. The monoisotopic (exact) mass is 461 g/mol. The highest BCUT2D eigenvalue weighted by molar-refractivity contribution is 8.02. The molecule has 0 radical (unpaired) electrons. The largest absolute Gasteiger partial charge is 0.467 e. The van der Waals surface area contributed by atoms with Crippen molar-refractivity contribution in [3.05, 3.63) is 24.2 Å². The van der Waals surface area contributed by atoms with E-state index in [1.165, 1.54) is 42.4 Å². The van der Waals surface area contributed by atoms with Gasteiger partial charge in [-0.1, -0.05) is 23.1 Å². The molecule has 4 fully saturated rings. The van der Waals surface area contributed by atoms with Gasteiger partial charge in [-0.3, -0.25) is 10.1 Å². The summed E-state index contributed by atoms with van der Waals surface area (Å²) in [4.78, 5) is 25.2. The van der Waals surface area contributed by atoms with Gasteiger partial charge in [-0.05, 0) is 75.3 Å². The van der Waals surface area contributed by atoms with Gasteiger partial charge >= 0.3 is 6.03 Å². The lowest BCUT2D eigenvalue weighted by molar-refractivity contribution is -0.119. The zero-order valence-corrected chi connectivity index (χ0v) is 19.1. The quantitative estimate of drug-likeness (QED) is 0.534. The Morgan fingerprint density at radius 1 is 1.23 bits per heavy atom. The number of anilines is 1. The normalized spacial score (nSPS) is 29.5. The van der Waals surface area contributed by atoms with Gasteiger partial charge in [0.05, 0.1) is 18.1 Å². The van der Waals surface area contributed by atoms with Crippen LogP contribution in [0.15, 0.2) is 27.2 Å². The first-order valence-electron chi connectivity index (χ1n) is 10.9. The lowest BCUT2D eigenvalue weighted by Gasteiger charge is -2.56. The van der Waals surface area contributed by atoms with Crippen molar-refractivity contribution in [2.24, 2.45) is 17.8 Å². The van der Waals surface area contributed by atoms with Crippen molar-refractivity contribution in [3.8, 4) is 0 Å². The maximum atomic E-state index is 12.6. The maximum Gasteiger partial charge on any atom is 0.321 e. The average molecular weight is 462 g/mol. The Kier molecular flexibility index (Phi) is 5.68. The zero-order valence-electron chi connectivity index (χ0n) is 17.4. The zero-order chi connectivity index (χ0) is 21.4. The fraction of sp³-hybridized carbons (Fsp3) is 0.619. The van der Waals surface area contributed by atoms with Crippen LogP contribution in [-0.2, 0) is 11.3 Å². The number of nitrogens with one attached hydrogen (secondary N) is 3. The van der Waals surface area contributed by atoms with Crippen molar-refractivity contribution in [2.75, 3.05) is 5.32 Å². The molecule has 31 heavy (non-hydrogen) atoms. The van der Waals surface area contributed by atoms with Crippen LogP contribution in [0.5, 0.6) is 0 Å².